The molecule has 1 heterocycles. The molecular weight excluding hydrogens is 400 g/mol. The van der Waals surface area contributed by atoms with Gasteiger partial charge in [-0.25, -0.2) is 13.2 Å². The molecule has 1 aromatic heterocycles. The van der Waals surface area contributed by atoms with E-state index in [1.54, 1.807) is 41.0 Å². The third-order valence-corrected chi connectivity index (χ3v) is 7.42. The van der Waals surface area contributed by atoms with Crippen LogP contribution in [0.3, 0.4) is 0 Å². The van der Waals surface area contributed by atoms with Crippen LogP contribution in [0.1, 0.15) is 44.6 Å². The fourth-order valence-electron chi connectivity index (χ4n) is 3.77. The Morgan fingerprint density at radius 3 is 2.50 bits per heavy atom. The van der Waals surface area contributed by atoms with Crippen molar-refractivity contribution < 1.29 is 13.2 Å². The predicted molar refractivity (Wildman–Crippen MR) is 118 cm³/mol. The third-order valence-electron chi connectivity index (χ3n) is 5.47. The van der Waals surface area contributed by atoms with Gasteiger partial charge in [-0.15, -0.1) is 0 Å². The van der Waals surface area contributed by atoms with E-state index < -0.39 is 10.0 Å². The Kier molecular flexibility index (Phi) is 7.81. The minimum absolute atomic E-state index is 0.251. The Hall–Kier alpha value is -2.45. The van der Waals surface area contributed by atoms with E-state index in [0.29, 0.717) is 31.2 Å². The molecule has 2 aromatic rings. The minimum Gasteiger partial charge on any atom is -0.334 e. The molecule has 0 spiro atoms. The van der Waals surface area contributed by atoms with Crippen LogP contribution in [-0.4, -0.2) is 36.8 Å². The van der Waals surface area contributed by atoms with Crippen molar-refractivity contribution in [1.82, 2.24) is 14.6 Å². The van der Waals surface area contributed by atoms with Crippen molar-refractivity contribution >= 4 is 21.7 Å². The summed E-state index contributed by atoms with van der Waals surface area (Å²) in [7, 11) is -3.54. The topological polar surface area (TPSA) is 91.4 Å². The molecule has 0 unspecified atom stereocenters. The Labute approximate surface area is 178 Å². The fourth-order valence-corrected chi connectivity index (χ4v) is 5.30. The van der Waals surface area contributed by atoms with Gasteiger partial charge in [-0.2, -0.15) is 4.31 Å². The number of sulfonamides is 1. The number of carbonyl (C=O) groups excluding carboxylic acids is 1. The quantitative estimate of drug-likeness (QED) is 0.662. The van der Waals surface area contributed by atoms with Crippen LogP contribution in [-0.2, 0) is 16.6 Å². The molecule has 1 aromatic carbocycles. The van der Waals surface area contributed by atoms with Gasteiger partial charge in [0.1, 0.15) is 0 Å². The number of nitrogens with one attached hydrogen (secondary N) is 2. The zero-order valence-corrected chi connectivity index (χ0v) is 18.2. The lowest BCUT2D eigenvalue weighted by Crippen LogP contribution is -2.36. The zero-order chi connectivity index (χ0) is 21.4. The van der Waals surface area contributed by atoms with E-state index in [4.69, 9.17) is 0 Å². The summed E-state index contributed by atoms with van der Waals surface area (Å²) in [6.45, 7) is 3.27. The third kappa shape index (κ3) is 6.03. The maximum absolute atomic E-state index is 13.1. The molecule has 0 saturated heterocycles. The molecule has 162 valence electrons. The number of benzene rings is 1. The molecule has 3 rings (SSSR count). The molecule has 0 atom stereocenters. The average molecular weight is 431 g/mol. The summed E-state index contributed by atoms with van der Waals surface area (Å²) in [6.07, 6.45) is 9.18. The molecule has 7 nitrogen and oxygen atoms in total. The smallest absolute Gasteiger partial charge is 0.319 e. The Morgan fingerprint density at radius 1 is 1.13 bits per heavy atom. The number of amides is 2. The number of hydrogen-bond donors (Lipinski definition) is 2. The summed E-state index contributed by atoms with van der Waals surface area (Å²) in [5.41, 5.74) is 1.43. The van der Waals surface area contributed by atoms with Crippen molar-refractivity contribution in [1.29, 1.82) is 0 Å². The number of rotatable bonds is 8. The highest BCUT2D eigenvalue weighted by Gasteiger charge is 2.26. The van der Waals surface area contributed by atoms with E-state index in [1.807, 2.05) is 19.1 Å². The lowest BCUT2D eigenvalue weighted by Gasteiger charge is -2.28. The van der Waals surface area contributed by atoms with Crippen molar-refractivity contribution in [2.45, 2.75) is 50.5 Å². The molecule has 2 amide bonds. The summed E-state index contributed by atoms with van der Waals surface area (Å²) in [6, 6.07) is 9.66. The molecule has 1 aliphatic rings. The fraction of sp³-hybridized carbons (Fsp3) is 0.455. The van der Waals surface area contributed by atoms with Crippen LogP contribution in [0.4, 0.5) is 10.5 Å². The van der Waals surface area contributed by atoms with Gasteiger partial charge in [-0.1, -0.05) is 32.3 Å². The lowest BCUT2D eigenvalue weighted by atomic mass is 9.89. The summed E-state index contributed by atoms with van der Waals surface area (Å²) < 4.78 is 27.7. The van der Waals surface area contributed by atoms with Crippen LogP contribution >= 0.6 is 0 Å². The van der Waals surface area contributed by atoms with Gasteiger partial charge in [-0.3, -0.25) is 4.98 Å². The van der Waals surface area contributed by atoms with Crippen molar-refractivity contribution in [3.63, 3.8) is 0 Å². The maximum Gasteiger partial charge on any atom is 0.319 e. The number of hydrogen-bond acceptors (Lipinski definition) is 4. The lowest BCUT2D eigenvalue weighted by molar-refractivity contribution is 0.251. The molecule has 0 aliphatic heterocycles. The van der Waals surface area contributed by atoms with E-state index in [2.05, 4.69) is 15.6 Å². The molecular formula is C22H30N4O3S. The minimum atomic E-state index is -3.54. The number of pyridine rings is 1. The number of urea groups is 1. The number of nitrogens with zero attached hydrogens (tertiary/aromatic N) is 2. The summed E-state index contributed by atoms with van der Waals surface area (Å²) >= 11 is 0. The summed E-state index contributed by atoms with van der Waals surface area (Å²) in [5.74, 6) is 0.443. The largest absolute Gasteiger partial charge is 0.334 e. The highest BCUT2D eigenvalue weighted by Crippen LogP contribution is 2.27. The van der Waals surface area contributed by atoms with E-state index >= 15 is 0 Å². The predicted octanol–water partition coefficient (Wildman–Crippen LogP) is 3.99. The van der Waals surface area contributed by atoms with E-state index in [9.17, 15) is 13.2 Å². The standard InChI is InChI=1S/C22H30N4O3S/c1-2-26(17-18-7-4-3-5-8-18)30(28,29)21-12-10-20(11-13-21)25-22(27)24-16-19-9-6-14-23-15-19/h6,9-15,18H,2-5,7-8,16-17H2,1H3,(H2,24,25,27). The van der Waals surface area contributed by atoms with Gasteiger partial charge in [0.05, 0.1) is 4.90 Å². The van der Waals surface area contributed by atoms with Crippen LogP contribution in [0.25, 0.3) is 0 Å². The monoisotopic (exact) mass is 430 g/mol. The van der Waals surface area contributed by atoms with Gasteiger partial charge in [0.25, 0.3) is 0 Å². The van der Waals surface area contributed by atoms with Gasteiger partial charge >= 0.3 is 6.03 Å². The van der Waals surface area contributed by atoms with E-state index in [1.165, 1.54) is 19.3 Å². The summed E-state index contributed by atoms with van der Waals surface area (Å²) in [4.78, 5) is 16.3. The van der Waals surface area contributed by atoms with Crippen LogP contribution in [0.15, 0.2) is 53.7 Å². The van der Waals surface area contributed by atoms with Crippen molar-refractivity contribution in [2.24, 2.45) is 5.92 Å². The normalized spacial score (nSPS) is 15.1. The molecule has 0 bridgehead atoms. The highest BCUT2D eigenvalue weighted by atomic mass is 32.2. The Morgan fingerprint density at radius 2 is 1.87 bits per heavy atom. The molecule has 2 N–H and O–H groups in total. The Balaban J connectivity index is 1.58. The van der Waals surface area contributed by atoms with Gasteiger partial charge < -0.3 is 10.6 Å². The van der Waals surface area contributed by atoms with E-state index in [-0.39, 0.29) is 10.9 Å². The number of anilines is 1. The molecule has 1 aliphatic carbocycles. The summed E-state index contributed by atoms with van der Waals surface area (Å²) in [5, 5.41) is 5.47. The molecule has 1 saturated carbocycles. The zero-order valence-electron chi connectivity index (χ0n) is 17.4. The molecule has 0 radical (unpaired) electrons. The first-order chi connectivity index (χ1) is 14.5. The molecule has 1 fully saturated rings. The van der Waals surface area contributed by atoms with Crippen LogP contribution < -0.4 is 10.6 Å². The SMILES string of the molecule is CCN(CC1CCCCC1)S(=O)(=O)c1ccc(NC(=O)NCc2cccnc2)cc1. The maximum atomic E-state index is 13.1. The second kappa shape index (κ2) is 10.5. The highest BCUT2D eigenvalue weighted by molar-refractivity contribution is 7.89. The molecule has 30 heavy (non-hydrogen) atoms. The number of aromatic nitrogens is 1. The number of carbonyl (C=O) groups is 1. The van der Waals surface area contributed by atoms with Gasteiger partial charge in [0.2, 0.25) is 10.0 Å². The van der Waals surface area contributed by atoms with Gasteiger partial charge in [-0.05, 0) is 54.7 Å². The van der Waals surface area contributed by atoms with Crippen LogP contribution in [0.5, 0.6) is 0 Å². The van der Waals surface area contributed by atoms with Gasteiger partial charge in [0, 0.05) is 37.7 Å². The van der Waals surface area contributed by atoms with Crippen molar-refractivity contribution in [3.05, 3.63) is 54.4 Å². The average Bonchev–Trinajstić information content (AvgIpc) is 2.78. The first-order valence-electron chi connectivity index (χ1n) is 10.5. The first kappa shape index (κ1) is 22.2. The van der Waals surface area contributed by atoms with Crippen LogP contribution in [0.2, 0.25) is 0 Å². The van der Waals surface area contributed by atoms with Crippen molar-refractivity contribution in [3.8, 4) is 0 Å². The van der Waals surface area contributed by atoms with E-state index in [0.717, 1.165) is 18.4 Å². The Bertz CT molecular complexity index is 911. The second-order valence-corrected chi connectivity index (χ2v) is 9.59. The first-order valence-corrected chi connectivity index (χ1v) is 12.0. The van der Waals surface area contributed by atoms with Gasteiger partial charge in [0.15, 0.2) is 0 Å². The second-order valence-electron chi connectivity index (χ2n) is 7.65. The van der Waals surface area contributed by atoms with Crippen molar-refractivity contribution in [2.75, 3.05) is 18.4 Å². The molecule has 8 heteroatoms. The van der Waals surface area contributed by atoms with Crippen LogP contribution in [0, 0.1) is 5.92 Å².